The van der Waals surface area contributed by atoms with E-state index in [0.29, 0.717) is 0 Å². The van der Waals surface area contributed by atoms with E-state index in [0.717, 1.165) is 0 Å². The number of aromatic amines is 1. The van der Waals surface area contributed by atoms with Gasteiger partial charge in [-0.15, -0.1) is 0 Å². The zero-order chi connectivity index (χ0) is 11.9. The standard InChI is InChI=1S/C9H15N.BF4/c1-3-4-5-9-6-7-10-8(9)2;2-1(3,4)5/h6-7,10H,3-5H2,1-2H3;/q;-1. The van der Waals surface area contributed by atoms with Crippen LogP contribution in [0.4, 0.5) is 17.3 Å². The summed E-state index contributed by atoms with van der Waals surface area (Å²) < 4.78 is 39.0. The van der Waals surface area contributed by atoms with Crippen molar-refractivity contribution in [2.45, 2.75) is 33.1 Å². The first kappa shape index (κ1) is 14.1. The molecule has 1 aromatic heterocycles. The second-order valence-electron chi connectivity index (χ2n) is 3.23. The summed E-state index contributed by atoms with van der Waals surface area (Å²) in [6.45, 7) is 4.35. The van der Waals surface area contributed by atoms with Gasteiger partial charge in [0.2, 0.25) is 0 Å². The van der Waals surface area contributed by atoms with Crippen molar-refractivity contribution in [1.29, 1.82) is 0 Å². The average Bonchev–Trinajstić information content (AvgIpc) is 2.45. The number of aromatic nitrogens is 1. The quantitative estimate of drug-likeness (QED) is 0.590. The molecule has 1 N–H and O–H groups in total. The number of H-pyrrole nitrogens is 1. The molecule has 6 heteroatoms. The number of nitrogens with one attached hydrogen (secondary N) is 1. The van der Waals surface area contributed by atoms with E-state index in [-0.39, 0.29) is 0 Å². The molecule has 0 radical (unpaired) electrons. The molecule has 1 heterocycles. The van der Waals surface area contributed by atoms with Gasteiger partial charge in [-0.1, -0.05) is 13.3 Å². The zero-order valence-electron chi connectivity index (χ0n) is 8.87. The lowest BCUT2D eigenvalue weighted by Gasteiger charge is -1.95. The number of unbranched alkanes of at least 4 members (excludes halogenated alkanes) is 1. The smallest absolute Gasteiger partial charge is 0.418 e. The van der Waals surface area contributed by atoms with E-state index in [9.17, 15) is 17.3 Å². The molecule has 1 rings (SSSR count). The predicted molar refractivity (Wildman–Crippen MR) is 54.3 cm³/mol. The molecule has 0 saturated carbocycles. The first-order valence-corrected chi connectivity index (χ1v) is 4.84. The Morgan fingerprint density at radius 3 is 2.13 bits per heavy atom. The van der Waals surface area contributed by atoms with Crippen molar-refractivity contribution < 1.29 is 17.3 Å². The summed E-state index contributed by atoms with van der Waals surface area (Å²) in [5.41, 5.74) is 2.80. The van der Waals surface area contributed by atoms with E-state index in [1.54, 1.807) is 0 Å². The minimum atomic E-state index is -6.00. The Kier molecular flexibility index (Phi) is 6.12. The van der Waals surface area contributed by atoms with E-state index >= 15 is 0 Å². The summed E-state index contributed by atoms with van der Waals surface area (Å²) >= 11 is 0. The Morgan fingerprint density at radius 2 is 1.80 bits per heavy atom. The maximum Gasteiger partial charge on any atom is 0.673 e. The molecule has 0 unspecified atom stereocenters. The number of aryl methyl sites for hydroxylation is 2. The summed E-state index contributed by atoms with van der Waals surface area (Å²) in [5, 5.41) is 0. The van der Waals surface area contributed by atoms with Crippen LogP contribution in [0.5, 0.6) is 0 Å². The van der Waals surface area contributed by atoms with Gasteiger partial charge in [0.05, 0.1) is 0 Å². The molecule has 0 atom stereocenters. The van der Waals surface area contributed by atoms with Gasteiger partial charge in [0, 0.05) is 11.9 Å². The summed E-state index contributed by atoms with van der Waals surface area (Å²) in [6, 6.07) is 2.17. The van der Waals surface area contributed by atoms with Crippen LogP contribution >= 0.6 is 0 Å². The molecule has 0 aromatic carbocycles. The van der Waals surface area contributed by atoms with Gasteiger partial charge in [-0.25, -0.2) is 0 Å². The summed E-state index contributed by atoms with van der Waals surface area (Å²) in [5.74, 6) is 0. The third kappa shape index (κ3) is 9.37. The van der Waals surface area contributed by atoms with E-state index in [2.05, 4.69) is 24.9 Å². The van der Waals surface area contributed by atoms with Crippen LogP contribution < -0.4 is 0 Å². The average molecular weight is 224 g/mol. The highest BCUT2D eigenvalue weighted by molar-refractivity contribution is 6.50. The van der Waals surface area contributed by atoms with E-state index in [4.69, 9.17) is 0 Å². The number of halogens is 4. The molecule has 1 nitrogen and oxygen atoms in total. The minimum absolute atomic E-state index is 1.23. The Bertz CT molecular complexity index is 263. The fourth-order valence-electron chi connectivity index (χ4n) is 1.12. The fourth-order valence-corrected chi connectivity index (χ4v) is 1.12. The van der Waals surface area contributed by atoms with Crippen molar-refractivity contribution in [3.05, 3.63) is 23.5 Å². The second-order valence-corrected chi connectivity index (χ2v) is 3.23. The van der Waals surface area contributed by atoms with Gasteiger partial charge in [0.25, 0.3) is 0 Å². The van der Waals surface area contributed by atoms with Crippen LogP contribution in [0.2, 0.25) is 0 Å². The SMILES string of the molecule is CCCCc1cc[nH]c1C.F[B-](F)(F)F. The maximum absolute atomic E-state index is 9.75. The molecule has 0 bridgehead atoms. The second kappa shape index (κ2) is 6.53. The van der Waals surface area contributed by atoms with Crippen molar-refractivity contribution in [2.75, 3.05) is 0 Å². The Labute approximate surface area is 87.0 Å². The summed E-state index contributed by atoms with van der Waals surface area (Å²) in [6.07, 6.45) is 5.83. The van der Waals surface area contributed by atoms with Crippen molar-refractivity contribution in [2.24, 2.45) is 0 Å². The van der Waals surface area contributed by atoms with E-state index in [1.165, 1.54) is 30.5 Å². The van der Waals surface area contributed by atoms with Crippen molar-refractivity contribution >= 4 is 7.25 Å². The van der Waals surface area contributed by atoms with Crippen LogP contribution in [-0.2, 0) is 6.42 Å². The van der Waals surface area contributed by atoms with Gasteiger partial charge < -0.3 is 22.2 Å². The molecule has 0 aliphatic rings. The molecule has 0 spiro atoms. The monoisotopic (exact) mass is 224 g/mol. The van der Waals surface area contributed by atoms with Crippen LogP contribution in [-0.4, -0.2) is 12.2 Å². The van der Waals surface area contributed by atoms with Gasteiger partial charge in [-0.2, -0.15) is 0 Å². The van der Waals surface area contributed by atoms with Crippen LogP contribution in [0.25, 0.3) is 0 Å². The van der Waals surface area contributed by atoms with Crippen LogP contribution in [0.1, 0.15) is 31.0 Å². The van der Waals surface area contributed by atoms with E-state index in [1.807, 2.05) is 6.20 Å². The molecule has 0 aliphatic carbocycles. The lowest BCUT2D eigenvalue weighted by Crippen LogP contribution is -2.02. The molecule has 0 amide bonds. The third-order valence-electron chi connectivity index (χ3n) is 1.87. The van der Waals surface area contributed by atoms with Crippen molar-refractivity contribution in [3.63, 3.8) is 0 Å². The molecule has 88 valence electrons. The van der Waals surface area contributed by atoms with E-state index < -0.39 is 7.25 Å². The van der Waals surface area contributed by atoms with Gasteiger partial charge in [-0.3, -0.25) is 0 Å². The Morgan fingerprint density at radius 1 is 1.27 bits per heavy atom. The lowest BCUT2D eigenvalue weighted by atomic mass is 10.1. The largest absolute Gasteiger partial charge is 0.673 e. The molecule has 0 aliphatic heterocycles. The van der Waals surface area contributed by atoms with Crippen molar-refractivity contribution in [1.82, 2.24) is 4.98 Å². The van der Waals surface area contributed by atoms with Crippen molar-refractivity contribution in [3.8, 4) is 0 Å². The van der Waals surface area contributed by atoms with Crippen LogP contribution in [0, 0.1) is 6.92 Å². The Balaban J connectivity index is 0.000000336. The summed E-state index contributed by atoms with van der Waals surface area (Å²) in [7, 11) is -6.00. The molecular formula is C9H15BF4N-. The first-order valence-electron chi connectivity index (χ1n) is 4.84. The number of hydrogen-bond acceptors (Lipinski definition) is 0. The van der Waals surface area contributed by atoms with Gasteiger partial charge in [0.1, 0.15) is 0 Å². The molecular weight excluding hydrogens is 209 g/mol. The van der Waals surface area contributed by atoms with Crippen LogP contribution in [0.15, 0.2) is 12.3 Å². The molecule has 0 saturated heterocycles. The zero-order valence-corrected chi connectivity index (χ0v) is 8.87. The highest BCUT2D eigenvalue weighted by Crippen LogP contribution is 2.08. The number of hydrogen-bond donors (Lipinski definition) is 1. The van der Waals surface area contributed by atoms with Gasteiger partial charge >= 0.3 is 7.25 Å². The minimum Gasteiger partial charge on any atom is -0.418 e. The molecule has 15 heavy (non-hydrogen) atoms. The van der Waals surface area contributed by atoms with Crippen LogP contribution in [0.3, 0.4) is 0 Å². The number of rotatable bonds is 3. The Hall–Kier alpha value is -0.935. The fraction of sp³-hybridized carbons (Fsp3) is 0.556. The van der Waals surface area contributed by atoms with Gasteiger partial charge in [0.15, 0.2) is 0 Å². The third-order valence-corrected chi connectivity index (χ3v) is 1.87. The highest BCUT2D eigenvalue weighted by Gasteiger charge is 2.20. The first-order chi connectivity index (χ1) is 6.84. The van der Waals surface area contributed by atoms with Gasteiger partial charge in [-0.05, 0) is 31.4 Å². The topological polar surface area (TPSA) is 15.8 Å². The molecule has 0 fully saturated rings. The molecule has 1 aromatic rings. The summed E-state index contributed by atoms with van der Waals surface area (Å²) in [4.78, 5) is 3.18. The lowest BCUT2D eigenvalue weighted by molar-refractivity contribution is 0.368. The highest BCUT2D eigenvalue weighted by atomic mass is 19.5. The predicted octanol–water partition coefficient (Wildman–Crippen LogP) is 3.97. The maximum atomic E-state index is 9.75. The normalized spacial score (nSPS) is 10.8.